The highest BCUT2D eigenvalue weighted by molar-refractivity contribution is 5.94. The zero-order chi connectivity index (χ0) is 10.1. The van der Waals surface area contributed by atoms with Crippen molar-refractivity contribution >= 4 is 16.8 Å². The summed E-state index contributed by atoms with van der Waals surface area (Å²) in [6.07, 6.45) is 0. The summed E-state index contributed by atoms with van der Waals surface area (Å²) in [5.41, 5.74) is 7.35. The number of pyridine rings is 1. The van der Waals surface area contributed by atoms with E-state index in [1.54, 1.807) is 6.07 Å². The van der Waals surface area contributed by atoms with Gasteiger partial charge in [-0.15, -0.1) is 0 Å². The normalized spacial score (nSPS) is 10.4. The highest BCUT2D eigenvalue weighted by atomic mass is 16.1. The Hall–Kier alpha value is -1.90. The molecule has 2 aromatic rings. The number of primary amides is 1. The van der Waals surface area contributed by atoms with Crippen LogP contribution in [0.5, 0.6) is 0 Å². The van der Waals surface area contributed by atoms with Crippen molar-refractivity contribution in [2.45, 2.75) is 6.92 Å². The Kier molecular flexibility index (Phi) is 1.93. The van der Waals surface area contributed by atoms with Crippen LogP contribution < -0.4 is 5.73 Å². The van der Waals surface area contributed by atoms with Gasteiger partial charge in [-0.2, -0.15) is 0 Å². The minimum absolute atomic E-state index is 0.312. The summed E-state index contributed by atoms with van der Waals surface area (Å²) in [5, 5.41) is 1.02. The van der Waals surface area contributed by atoms with E-state index >= 15 is 0 Å². The van der Waals surface area contributed by atoms with Crippen molar-refractivity contribution in [3.8, 4) is 0 Å². The fourth-order valence-electron chi connectivity index (χ4n) is 1.43. The van der Waals surface area contributed by atoms with E-state index in [2.05, 4.69) is 4.98 Å². The molecule has 0 aliphatic heterocycles. The number of rotatable bonds is 1. The van der Waals surface area contributed by atoms with E-state index < -0.39 is 5.91 Å². The molecule has 0 unspecified atom stereocenters. The van der Waals surface area contributed by atoms with Crippen LogP contribution in [0.25, 0.3) is 10.9 Å². The van der Waals surface area contributed by atoms with Crippen LogP contribution in [0, 0.1) is 6.92 Å². The van der Waals surface area contributed by atoms with Crippen LogP contribution in [-0.2, 0) is 0 Å². The molecular weight excluding hydrogens is 176 g/mol. The van der Waals surface area contributed by atoms with Crippen molar-refractivity contribution in [1.29, 1.82) is 0 Å². The Morgan fingerprint density at radius 3 is 2.79 bits per heavy atom. The first-order valence-corrected chi connectivity index (χ1v) is 4.34. The standard InChI is InChI=1S/C11H10N2O/c1-7-3-2-4-8-5-6-9(11(12)14)13-10(7)8/h2-6H,1H3,(H2,12,14). The fraction of sp³-hybridized carbons (Fsp3) is 0.0909. The van der Waals surface area contributed by atoms with Gasteiger partial charge in [-0.05, 0) is 18.6 Å². The lowest BCUT2D eigenvalue weighted by atomic mass is 10.1. The van der Waals surface area contributed by atoms with Crippen molar-refractivity contribution in [3.05, 3.63) is 41.6 Å². The van der Waals surface area contributed by atoms with Gasteiger partial charge in [0.25, 0.3) is 5.91 Å². The Morgan fingerprint density at radius 1 is 1.29 bits per heavy atom. The molecule has 0 saturated carbocycles. The monoisotopic (exact) mass is 186 g/mol. The SMILES string of the molecule is Cc1cccc2ccc(C(N)=O)nc12. The Balaban J connectivity index is 2.76. The van der Waals surface area contributed by atoms with Gasteiger partial charge < -0.3 is 5.73 Å². The van der Waals surface area contributed by atoms with Gasteiger partial charge in [0, 0.05) is 5.39 Å². The van der Waals surface area contributed by atoms with Gasteiger partial charge in [0.1, 0.15) is 5.69 Å². The third-order valence-corrected chi connectivity index (χ3v) is 2.17. The maximum absolute atomic E-state index is 10.9. The first kappa shape index (κ1) is 8.69. The number of benzene rings is 1. The molecule has 2 N–H and O–H groups in total. The molecule has 3 nitrogen and oxygen atoms in total. The molecule has 0 bridgehead atoms. The number of nitrogens with zero attached hydrogens (tertiary/aromatic N) is 1. The molecule has 1 aromatic carbocycles. The molecule has 0 fully saturated rings. The van der Waals surface area contributed by atoms with Crippen molar-refractivity contribution in [3.63, 3.8) is 0 Å². The minimum atomic E-state index is -0.491. The lowest BCUT2D eigenvalue weighted by Crippen LogP contribution is -2.12. The summed E-state index contributed by atoms with van der Waals surface area (Å²) in [7, 11) is 0. The Bertz CT molecular complexity index is 506. The van der Waals surface area contributed by atoms with Crippen molar-refractivity contribution in [2.75, 3.05) is 0 Å². The summed E-state index contributed by atoms with van der Waals surface area (Å²) in [4.78, 5) is 15.1. The highest BCUT2D eigenvalue weighted by Gasteiger charge is 2.04. The average molecular weight is 186 g/mol. The van der Waals surface area contributed by atoms with Crippen molar-refractivity contribution in [1.82, 2.24) is 4.98 Å². The van der Waals surface area contributed by atoms with Gasteiger partial charge in [0.05, 0.1) is 5.52 Å². The van der Waals surface area contributed by atoms with Gasteiger partial charge >= 0.3 is 0 Å². The molecule has 1 heterocycles. The summed E-state index contributed by atoms with van der Waals surface area (Å²) in [6.45, 7) is 1.96. The Morgan fingerprint density at radius 2 is 2.07 bits per heavy atom. The predicted molar refractivity (Wildman–Crippen MR) is 55.0 cm³/mol. The highest BCUT2D eigenvalue weighted by Crippen LogP contribution is 2.15. The molecule has 14 heavy (non-hydrogen) atoms. The van der Waals surface area contributed by atoms with Gasteiger partial charge in [0.15, 0.2) is 0 Å². The maximum Gasteiger partial charge on any atom is 0.267 e. The van der Waals surface area contributed by atoms with Crippen molar-refractivity contribution < 1.29 is 4.79 Å². The smallest absolute Gasteiger partial charge is 0.267 e. The molecule has 2 rings (SSSR count). The second-order valence-corrected chi connectivity index (χ2v) is 3.21. The average Bonchev–Trinajstić information content (AvgIpc) is 2.18. The van der Waals surface area contributed by atoms with Gasteiger partial charge in [0.2, 0.25) is 0 Å². The van der Waals surface area contributed by atoms with E-state index in [-0.39, 0.29) is 0 Å². The second kappa shape index (κ2) is 3.10. The third-order valence-electron chi connectivity index (χ3n) is 2.17. The van der Waals surface area contributed by atoms with Crippen LogP contribution in [0.4, 0.5) is 0 Å². The number of hydrogen-bond acceptors (Lipinski definition) is 2. The molecular formula is C11H10N2O. The Labute approximate surface area is 81.6 Å². The maximum atomic E-state index is 10.9. The summed E-state index contributed by atoms with van der Waals surface area (Å²) in [5.74, 6) is -0.491. The first-order valence-electron chi connectivity index (χ1n) is 4.34. The molecule has 1 aromatic heterocycles. The summed E-state index contributed by atoms with van der Waals surface area (Å²) >= 11 is 0. The van der Waals surface area contributed by atoms with E-state index in [4.69, 9.17) is 5.73 Å². The molecule has 1 amide bonds. The number of carbonyl (C=O) groups excluding carboxylic acids is 1. The topological polar surface area (TPSA) is 56.0 Å². The van der Waals surface area contributed by atoms with E-state index in [1.165, 1.54) is 0 Å². The summed E-state index contributed by atoms with van der Waals surface area (Å²) in [6, 6.07) is 9.38. The van der Waals surface area contributed by atoms with Gasteiger partial charge in [-0.3, -0.25) is 4.79 Å². The number of nitrogens with two attached hydrogens (primary N) is 1. The van der Waals surface area contributed by atoms with E-state index in [9.17, 15) is 4.79 Å². The number of aryl methyl sites for hydroxylation is 1. The predicted octanol–water partition coefficient (Wildman–Crippen LogP) is 1.64. The number of fused-ring (bicyclic) bond motifs is 1. The van der Waals surface area contributed by atoms with Crippen LogP contribution in [0.2, 0.25) is 0 Å². The quantitative estimate of drug-likeness (QED) is 0.736. The molecule has 0 spiro atoms. The lowest BCUT2D eigenvalue weighted by Gasteiger charge is -2.01. The fourth-order valence-corrected chi connectivity index (χ4v) is 1.43. The molecule has 0 atom stereocenters. The molecule has 3 heteroatoms. The molecule has 0 aliphatic carbocycles. The number of hydrogen-bond donors (Lipinski definition) is 1. The lowest BCUT2D eigenvalue weighted by molar-refractivity contribution is 0.0996. The van der Waals surface area contributed by atoms with Crippen LogP contribution in [0.15, 0.2) is 30.3 Å². The zero-order valence-corrected chi connectivity index (χ0v) is 7.82. The van der Waals surface area contributed by atoms with Crippen LogP contribution in [-0.4, -0.2) is 10.9 Å². The van der Waals surface area contributed by atoms with Crippen LogP contribution in [0.1, 0.15) is 16.1 Å². The molecule has 0 radical (unpaired) electrons. The second-order valence-electron chi connectivity index (χ2n) is 3.21. The van der Waals surface area contributed by atoms with Crippen LogP contribution >= 0.6 is 0 Å². The van der Waals surface area contributed by atoms with E-state index in [0.717, 1.165) is 16.5 Å². The summed E-state index contributed by atoms with van der Waals surface area (Å²) < 4.78 is 0. The number of amides is 1. The molecule has 0 aliphatic rings. The third kappa shape index (κ3) is 1.33. The number of aromatic nitrogens is 1. The van der Waals surface area contributed by atoms with Crippen LogP contribution in [0.3, 0.4) is 0 Å². The molecule has 0 saturated heterocycles. The molecule has 70 valence electrons. The first-order chi connectivity index (χ1) is 6.68. The van der Waals surface area contributed by atoms with E-state index in [0.29, 0.717) is 5.69 Å². The van der Waals surface area contributed by atoms with E-state index in [1.807, 2.05) is 31.2 Å². The van der Waals surface area contributed by atoms with Crippen molar-refractivity contribution in [2.24, 2.45) is 5.73 Å². The van der Waals surface area contributed by atoms with Gasteiger partial charge in [-0.1, -0.05) is 24.3 Å². The number of para-hydroxylation sites is 1. The zero-order valence-electron chi connectivity index (χ0n) is 7.82. The number of carbonyl (C=O) groups is 1. The van der Waals surface area contributed by atoms with Gasteiger partial charge in [-0.25, -0.2) is 4.98 Å². The largest absolute Gasteiger partial charge is 0.364 e. The minimum Gasteiger partial charge on any atom is -0.364 e.